The minimum absolute atomic E-state index is 0.0952. The van der Waals surface area contributed by atoms with Gasteiger partial charge in [0.25, 0.3) is 0 Å². The van der Waals surface area contributed by atoms with Crippen LogP contribution >= 0.6 is 11.8 Å². The summed E-state index contributed by atoms with van der Waals surface area (Å²) in [7, 11) is 0. The van der Waals surface area contributed by atoms with Crippen LogP contribution < -0.4 is 5.32 Å². The van der Waals surface area contributed by atoms with E-state index in [1.807, 2.05) is 17.8 Å². The van der Waals surface area contributed by atoms with Gasteiger partial charge in [-0.05, 0) is 44.1 Å². The fourth-order valence-electron chi connectivity index (χ4n) is 2.29. The third-order valence-corrected chi connectivity index (χ3v) is 4.47. The molecule has 1 aliphatic rings. The molecule has 0 unspecified atom stereocenters. The average molecular weight is 266 g/mol. The number of carboxylic acid groups (broad SMARTS) is 1. The minimum atomic E-state index is -0.982. The van der Waals surface area contributed by atoms with Crippen molar-refractivity contribution >= 4 is 23.5 Å². The lowest BCUT2D eigenvalue weighted by Gasteiger charge is -2.28. The fourth-order valence-corrected chi connectivity index (χ4v) is 3.03. The molecule has 0 atom stereocenters. The van der Waals surface area contributed by atoms with Crippen LogP contribution in [0.15, 0.2) is 18.2 Å². The predicted molar refractivity (Wildman–Crippen MR) is 74.4 cm³/mol. The van der Waals surface area contributed by atoms with Crippen molar-refractivity contribution in [3.63, 3.8) is 0 Å². The Hall–Kier alpha value is -1.23. The Balaban J connectivity index is 1.94. The molecule has 1 fully saturated rings. The van der Waals surface area contributed by atoms with E-state index in [0.29, 0.717) is 11.9 Å². The summed E-state index contributed by atoms with van der Waals surface area (Å²) in [6.45, 7) is 0. The van der Waals surface area contributed by atoms with Crippen molar-refractivity contribution in [1.29, 1.82) is 0 Å². The molecule has 18 heavy (non-hydrogen) atoms. The van der Waals surface area contributed by atoms with E-state index < -0.39 is 5.97 Å². The van der Waals surface area contributed by atoms with E-state index in [2.05, 4.69) is 16.6 Å². The van der Waals surface area contributed by atoms with Gasteiger partial charge in [-0.1, -0.05) is 6.07 Å². The third kappa shape index (κ3) is 3.38. The molecule has 1 aromatic heterocycles. The number of carboxylic acids is 1. The molecule has 0 aromatic carbocycles. The second-order valence-corrected chi connectivity index (χ2v) is 5.70. The second kappa shape index (κ2) is 6.09. The molecule has 0 bridgehead atoms. The van der Waals surface area contributed by atoms with E-state index >= 15 is 0 Å². The third-order valence-electron chi connectivity index (χ3n) is 3.33. The number of nitrogens with zero attached hydrogens (tertiary/aromatic N) is 1. The lowest BCUT2D eigenvalue weighted by Crippen LogP contribution is -2.27. The van der Waals surface area contributed by atoms with Crippen molar-refractivity contribution in [2.24, 2.45) is 0 Å². The zero-order valence-corrected chi connectivity index (χ0v) is 11.2. The number of hydrogen-bond acceptors (Lipinski definition) is 4. The Morgan fingerprint density at radius 1 is 1.39 bits per heavy atom. The van der Waals surface area contributed by atoms with Crippen LogP contribution in [0, 0.1) is 0 Å². The monoisotopic (exact) mass is 266 g/mol. The topological polar surface area (TPSA) is 62.2 Å². The van der Waals surface area contributed by atoms with Crippen LogP contribution in [0.25, 0.3) is 0 Å². The number of hydrogen-bond donors (Lipinski definition) is 2. The Labute approximate surface area is 111 Å². The molecule has 0 saturated heterocycles. The number of anilines is 1. The van der Waals surface area contributed by atoms with Crippen LogP contribution in [0.5, 0.6) is 0 Å². The van der Waals surface area contributed by atoms with E-state index in [1.165, 1.54) is 18.9 Å². The summed E-state index contributed by atoms with van der Waals surface area (Å²) in [4.78, 5) is 14.9. The van der Waals surface area contributed by atoms with Crippen molar-refractivity contribution in [3.8, 4) is 0 Å². The Kier molecular flexibility index (Phi) is 4.47. The Morgan fingerprint density at radius 2 is 2.11 bits per heavy atom. The second-order valence-electron chi connectivity index (χ2n) is 4.57. The van der Waals surface area contributed by atoms with Crippen LogP contribution in [-0.2, 0) is 0 Å². The Morgan fingerprint density at radius 3 is 2.72 bits per heavy atom. The van der Waals surface area contributed by atoms with Gasteiger partial charge in [0.05, 0.1) is 0 Å². The fraction of sp³-hybridized carbons (Fsp3) is 0.538. The molecule has 2 rings (SSSR count). The zero-order valence-electron chi connectivity index (χ0n) is 10.4. The molecule has 0 spiro atoms. The van der Waals surface area contributed by atoms with Crippen molar-refractivity contribution in [2.75, 3.05) is 11.6 Å². The van der Waals surface area contributed by atoms with E-state index in [-0.39, 0.29) is 5.69 Å². The molecule has 1 heterocycles. The highest BCUT2D eigenvalue weighted by molar-refractivity contribution is 7.99. The first-order valence-corrected chi connectivity index (χ1v) is 7.47. The van der Waals surface area contributed by atoms with Gasteiger partial charge in [-0.25, -0.2) is 9.78 Å². The molecule has 1 aromatic rings. The van der Waals surface area contributed by atoms with Crippen LogP contribution in [0.1, 0.15) is 36.2 Å². The average Bonchev–Trinajstić information content (AvgIpc) is 2.40. The van der Waals surface area contributed by atoms with Gasteiger partial charge in [-0.15, -0.1) is 0 Å². The van der Waals surface area contributed by atoms with Gasteiger partial charge in [0.15, 0.2) is 5.69 Å². The van der Waals surface area contributed by atoms with Gasteiger partial charge in [0.2, 0.25) is 0 Å². The summed E-state index contributed by atoms with van der Waals surface area (Å²) in [5, 5.41) is 13.0. The smallest absolute Gasteiger partial charge is 0.354 e. The zero-order chi connectivity index (χ0) is 13.0. The van der Waals surface area contributed by atoms with Crippen molar-refractivity contribution in [2.45, 2.75) is 37.0 Å². The number of rotatable bonds is 4. The molecule has 4 nitrogen and oxygen atoms in total. The van der Waals surface area contributed by atoms with Gasteiger partial charge in [0.1, 0.15) is 5.82 Å². The summed E-state index contributed by atoms with van der Waals surface area (Å²) in [5.41, 5.74) is 0.0952. The van der Waals surface area contributed by atoms with E-state index in [1.54, 1.807) is 6.07 Å². The molecule has 0 amide bonds. The van der Waals surface area contributed by atoms with Gasteiger partial charge >= 0.3 is 5.97 Å². The first-order chi connectivity index (χ1) is 8.69. The standard InChI is InChI=1S/C13H18N2O2S/c1-18-10-7-5-9(6-8-10)14-12-4-2-3-11(15-12)13(16)17/h2-4,9-10H,5-8H2,1H3,(H,14,15)(H,16,17). The maximum absolute atomic E-state index is 10.8. The molecular formula is C13H18N2O2S. The summed E-state index contributed by atoms with van der Waals surface area (Å²) in [6, 6.07) is 5.49. The SMILES string of the molecule is CSC1CCC(Nc2cccc(C(=O)O)n2)CC1. The van der Waals surface area contributed by atoms with Crippen molar-refractivity contribution in [3.05, 3.63) is 23.9 Å². The molecule has 0 aliphatic heterocycles. The number of carbonyl (C=O) groups is 1. The van der Waals surface area contributed by atoms with Crippen LogP contribution in [-0.4, -0.2) is 33.6 Å². The van der Waals surface area contributed by atoms with Gasteiger partial charge in [-0.2, -0.15) is 11.8 Å². The number of aromatic carboxylic acids is 1. The molecular weight excluding hydrogens is 248 g/mol. The lowest BCUT2D eigenvalue weighted by atomic mass is 9.95. The number of pyridine rings is 1. The number of thioether (sulfide) groups is 1. The number of aromatic nitrogens is 1. The highest BCUT2D eigenvalue weighted by Gasteiger charge is 2.20. The molecule has 1 saturated carbocycles. The first-order valence-electron chi connectivity index (χ1n) is 6.18. The molecule has 0 radical (unpaired) electrons. The predicted octanol–water partition coefficient (Wildman–Crippen LogP) is 2.87. The molecule has 5 heteroatoms. The maximum Gasteiger partial charge on any atom is 0.354 e. The minimum Gasteiger partial charge on any atom is -0.477 e. The maximum atomic E-state index is 10.8. The van der Waals surface area contributed by atoms with Gasteiger partial charge in [0, 0.05) is 11.3 Å². The highest BCUT2D eigenvalue weighted by atomic mass is 32.2. The van der Waals surface area contributed by atoms with Crippen molar-refractivity contribution in [1.82, 2.24) is 4.98 Å². The largest absolute Gasteiger partial charge is 0.477 e. The Bertz CT molecular complexity index is 417. The quantitative estimate of drug-likeness (QED) is 0.877. The summed E-state index contributed by atoms with van der Waals surface area (Å²) in [5.74, 6) is -0.313. The van der Waals surface area contributed by atoms with Crippen molar-refractivity contribution < 1.29 is 9.90 Å². The summed E-state index contributed by atoms with van der Waals surface area (Å²) in [6.07, 6.45) is 6.86. The number of nitrogens with one attached hydrogen (secondary N) is 1. The molecule has 1 aliphatic carbocycles. The van der Waals surface area contributed by atoms with Crippen LogP contribution in [0.4, 0.5) is 5.82 Å². The molecule has 98 valence electrons. The normalized spacial score (nSPS) is 23.6. The van der Waals surface area contributed by atoms with Gasteiger partial charge in [-0.3, -0.25) is 0 Å². The van der Waals surface area contributed by atoms with Crippen LogP contribution in [0.3, 0.4) is 0 Å². The summed E-state index contributed by atoms with van der Waals surface area (Å²) < 4.78 is 0. The van der Waals surface area contributed by atoms with E-state index in [0.717, 1.165) is 18.1 Å². The lowest BCUT2D eigenvalue weighted by molar-refractivity contribution is 0.0690. The van der Waals surface area contributed by atoms with E-state index in [4.69, 9.17) is 5.11 Å². The summed E-state index contributed by atoms with van der Waals surface area (Å²) >= 11 is 1.94. The first kappa shape index (κ1) is 13.2. The highest BCUT2D eigenvalue weighted by Crippen LogP contribution is 2.28. The van der Waals surface area contributed by atoms with Gasteiger partial charge < -0.3 is 10.4 Å². The van der Waals surface area contributed by atoms with E-state index in [9.17, 15) is 4.79 Å². The molecule has 2 N–H and O–H groups in total. The van der Waals surface area contributed by atoms with Crippen LogP contribution in [0.2, 0.25) is 0 Å².